The van der Waals surface area contributed by atoms with Gasteiger partial charge in [0.2, 0.25) is 0 Å². The van der Waals surface area contributed by atoms with Gasteiger partial charge in [0.15, 0.2) is 6.23 Å². The van der Waals surface area contributed by atoms with Gasteiger partial charge in [-0.05, 0) is 120 Å². The second-order valence-electron chi connectivity index (χ2n) is 13.6. The van der Waals surface area contributed by atoms with Crippen LogP contribution in [0.15, 0.2) is 66.2 Å². The number of allylic oxidation sites excluding steroid dienone is 1. The lowest BCUT2D eigenvalue weighted by Gasteiger charge is -2.28. The van der Waals surface area contributed by atoms with E-state index >= 15 is 0 Å². The van der Waals surface area contributed by atoms with Crippen molar-refractivity contribution < 1.29 is 9.47 Å². The van der Waals surface area contributed by atoms with Gasteiger partial charge >= 0.3 is 0 Å². The van der Waals surface area contributed by atoms with Gasteiger partial charge in [0.25, 0.3) is 0 Å². The number of aryl methyl sites for hydroxylation is 1. The third-order valence-electron chi connectivity index (χ3n) is 10.3. The summed E-state index contributed by atoms with van der Waals surface area (Å²) in [6, 6.07) is 21.1. The Morgan fingerprint density at radius 1 is 0.688 bits per heavy atom. The molecular formula is C40H46N6O2. The first-order valence-corrected chi connectivity index (χ1v) is 18.2. The normalized spacial score (nSPS) is 22.6. The molecule has 1 saturated carbocycles. The van der Waals surface area contributed by atoms with Crippen LogP contribution in [-0.2, 0) is 22.3 Å². The van der Waals surface area contributed by atoms with Crippen LogP contribution in [0, 0.1) is 5.41 Å². The number of nitrogens with one attached hydrogen (secondary N) is 2. The van der Waals surface area contributed by atoms with Gasteiger partial charge in [-0.15, -0.1) is 0 Å². The van der Waals surface area contributed by atoms with E-state index in [1.54, 1.807) is 0 Å². The molecule has 0 amide bonds. The van der Waals surface area contributed by atoms with Crippen molar-refractivity contribution in [2.75, 3.05) is 13.2 Å². The number of aromatic nitrogens is 4. The van der Waals surface area contributed by atoms with Crippen LogP contribution >= 0.6 is 0 Å². The molecule has 5 heterocycles. The van der Waals surface area contributed by atoms with Gasteiger partial charge in [0, 0.05) is 35.6 Å². The summed E-state index contributed by atoms with van der Waals surface area (Å²) in [5.74, 6) is 0. The van der Waals surface area contributed by atoms with Gasteiger partial charge in [-0.1, -0.05) is 36.4 Å². The summed E-state index contributed by atoms with van der Waals surface area (Å²) in [4.78, 5) is 10.6. The van der Waals surface area contributed by atoms with Gasteiger partial charge in [-0.2, -0.15) is 5.10 Å². The molecular weight excluding hydrogens is 596 g/mol. The molecule has 2 atom stereocenters. The maximum atomic E-state index is 8.84. The second-order valence-corrected chi connectivity index (χ2v) is 13.6. The number of hydrogen-bond acceptors (Lipinski definition) is 7. The van der Waals surface area contributed by atoms with E-state index < -0.39 is 0 Å². The highest BCUT2D eigenvalue weighted by atomic mass is 16.5. The fourth-order valence-electron chi connectivity index (χ4n) is 7.85. The van der Waals surface area contributed by atoms with Gasteiger partial charge in [0.1, 0.15) is 6.23 Å². The molecule has 1 aromatic carbocycles. The van der Waals surface area contributed by atoms with Crippen LogP contribution in [0.3, 0.4) is 0 Å². The molecule has 0 spiro atoms. The molecule has 8 rings (SSSR count). The lowest BCUT2D eigenvalue weighted by atomic mass is 9.90. The molecule has 248 valence electrons. The predicted octanol–water partition coefficient (Wildman–Crippen LogP) is 8.67. The molecule has 2 saturated heterocycles. The molecule has 8 nitrogen and oxygen atoms in total. The minimum Gasteiger partial charge on any atom is -0.359 e. The molecule has 3 aromatic heterocycles. The van der Waals surface area contributed by atoms with Gasteiger partial charge < -0.3 is 20.2 Å². The Morgan fingerprint density at radius 2 is 1.40 bits per heavy atom. The van der Waals surface area contributed by atoms with Gasteiger partial charge in [0.05, 0.1) is 39.9 Å². The topological polar surface area (TPSA) is 97.9 Å². The van der Waals surface area contributed by atoms with Crippen molar-refractivity contribution >= 4 is 11.4 Å². The second kappa shape index (κ2) is 14.1. The predicted molar refractivity (Wildman–Crippen MR) is 189 cm³/mol. The van der Waals surface area contributed by atoms with Crippen molar-refractivity contribution in [2.24, 2.45) is 0 Å². The van der Waals surface area contributed by atoms with Crippen molar-refractivity contribution in [3.63, 3.8) is 0 Å². The molecule has 2 unspecified atom stereocenters. The van der Waals surface area contributed by atoms with Crippen molar-refractivity contribution in [1.29, 1.82) is 5.41 Å². The Balaban J connectivity index is 1.18. The minimum absolute atomic E-state index is 0.0365. The van der Waals surface area contributed by atoms with Crippen LogP contribution in [0.4, 0.5) is 0 Å². The summed E-state index contributed by atoms with van der Waals surface area (Å²) < 4.78 is 14.5. The van der Waals surface area contributed by atoms with E-state index in [1.807, 2.05) is 0 Å². The van der Waals surface area contributed by atoms with Crippen LogP contribution in [0.25, 0.3) is 39.6 Å². The standard InChI is InChI=1S/C40H46N6O2/c41-31-17-5-3-15-29(31)39(44-37-23-7-9-25-47-37)35-21-11-19-32(42-35)27-13-1-2-14-28(27)33-20-12-22-36(43-33)40-30-16-4-6-18-34(30)45-46(40)38-24-8-10-26-48-38/h1-2,11-14,19-22,37-38,41,44H,3-10,15-18,23-26H2/b39-29-,41-31?. The Morgan fingerprint density at radius 3 is 2.17 bits per heavy atom. The number of fused-ring (bicyclic) bond motifs is 1. The van der Waals surface area contributed by atoms with Crippen LogP contribution < -0.4 is 5.32 Å². The fraction of sp³-hybridized carbons (Fsp3) is 0.450. The first-order chi connectivity index (χ1) is 23.7. The van der Waals surface area contributed by atoms with Crippen LogP contribution in [0.5, 0.6) is 0 Å². The Bertz CT molecular complexity index is 1810. The number of ether oxygens (including phenoxy) is 2. The summed E-state index contributed by atoms with van der Waals surface area (Å²) in [7, 11) is 0. The molecule has 2 N–H and O–H groups in total. The quantitative estimate of drug-likeness (QED) is 0.209. The molecule has 8 heteroatoms. The van der Waals surface area contributed by atoms with E-state index in [0.717, 1.165) is 141 Å². The maximum Gasteiger partial charge on any atom is 0.150 e. The van der Waals surface area contributed by atoms with E-state index in [2.05, 4.69) is 70.7 Å². The average Bonchev–Trinajstić information content (AvgIpc) is 3.55. The van der Waals surface area contributed by atoms with Crippen molar-refractivity contribution in [1.82, 2.24) is 25.1 Å². The van der Waals surface area contributed by atoms with Crippen molar-refractivity contribution in [2.45, 2.75) is 102 Å². The maximum absolute atomic E-state index is 8.84. The van der Waals surface area contributed by atoms with E-state index in [1.165, 1.54) is 24.1 Å². The highest BCUT2D eigenvalue weighted by molar-refractivity contribution is 6.04. The summed E-state index contributed by atoms with van der Waals surface area (Å²) in [5, 5.41) is 17.7. The van der Waals surface area contributed by atoms with E-state index in [-0.39, 0.29) is 12.5 Å². The van der Waals surface area contributed by atoms with Crippen molar-refractivity contribution in [3.05, 3.63) is 83.2 Å². The molecule has 4 aromatic rings. The molecule has 2 aliphatic carbocycles. The minimum atomic E-state index is -0.0566. The zero-order chi connectivity index (χ0) is 32.3. The smallest absolute Gasteiger partial charge is 0.150 e. The number of nitrogens with zero attached hydrogens (tertiary/aromatic N) is 4. The van der Waals surface area contributed by atoms with E-state index in [9.17, 15) is 0 Å². The largest absolute Gasteiger partial charge is 0.359 e. The number of hydrogen-bond donors (Lipinski definition) is 2. The number of pyridine rings is 2. The fourth-order valence-corrected chi connectivity index (χ4v) is 7.85. The summed E-state index contributed by atoms with van der Waals surface area (Å²) in [6.07, 6.45) is 14.6. The first kappa shape index (κ1) is 31.1. The molecule has 0 radical (unpaired) electrons. The van der Waals surface area contributed by atoms with Crippen molar-refractivity contribution in [3.8, 4) is 33.9 Å². The SMILES string of the molecule is N=C1CCCC/C1=C(/NC1CCCCO1)c1cccc(-c2ccccc2-c2cccc(-c3c4c(nn3C3CCCCO3)CCCC4)n2)n1. The number of rotatable bonds is 7. The molecule has 48 heavy (non-hydrogen) atoms. The average molecular weight is 643 g/mol. The molecule has 4 aliphatic rings. The summed E-state index contributed by atoms with van der Waals surface area (Å²) >= 11 is 0. The first-order valence-electron chi connectivity index (χ1n) is 18.2. The third kappa shape index (κ3) is 6.36. The molecule has 3 fully saturated rings. The van der Waals surface area contributed by atoms with E-state index in [4.69, 9.17) is 29.9 Å². The zero-order valence-corrected chi connectivity index (χ0v) is 27.8. The van der Waals surface area contributed by atoms with E-state index in [0.29, 0.717) is 5.71 Å². The van der Waals surface area contributed by atoms with Crippen LogP contribution in [0.1, 0.15) is 100 Å². The van der Waals surface area contributed by atoms with Gasteiger partial charge in [-0.3, -0.25) is 0 Å². The summed E-state index contributed by atoms with van der Waals surface area (Å²) in [5.41, 5.74) is 12.1. The highest BCUT2D eigenvalue weighted by Crippen LogP contribution is 2.38. The Labute approximate surface area is 283 Å². The van der Waals surface area contributed by atoms with Crippen LogP contribution in [0.2, 0.25) is 0 Å². The lowest BCUT2D eigenvalue weighted by Crippen LogP contribution is -2.35. The van der Waals surface area contributed by atoms with Crippen LogP contribution in [-0.4, -0.2) is 44.9 Å². The monoisotopic (exact) mass is 642 g/mol. The van der Waals surface area contributed by atoms with Gasteiger partial charge in [-0.25, -0.2) is 14.6 Å². The third-order valence-corrected chi connectivity index (χ3v) is 10.3. The zero-order valence-electron chi connectivity index (χ0n) is 27.8. The summed E-state index contributed by atoms with van der Waals surface area (Å²) in [6.45, 7) is 1.55. The lowest BCUT2D eigenvalue weighted by molar-refractivity contribution is -0.0386. The molecule has 0 bridgehead atoms. The highest BCUT2D eigenvalue weighted by Gasteiger charge is 2.28. The number of benzene rings is 1. The Hall–Kier alpha value is -4.14. The molecule has 2 aliphatic heterocycles. The Kier molecular flexibility index (Phi) is 9.18.